The second-order valence-electron chi connectivity index (χ2n) is 6.59. The van der Waals surface area contributed by atoms with Crippen LogP contribution in [0.4, 0.5) is 10.5 Å². The SMILES string of the molecule is CCOCCOCc1cccc(NC(=O)N2CCC[C@H](N(C)C)C2)c1. The molecular formula is C19H31N3O3. The fraction of sp³-hybridized carbons (Fsp3) is 0.632. The molecule has 140 valence electrons. The molecule has 2 amide bonds. The predicted molar refractivity (Wildman–Crippen MR) is 99.9 cm³/mol. The molecule has 2 rings (SSSR count). The van der Waals surface area contributed by atoms with Gasteiger partial charge in [-0.25, -0.2) is 4.79 Å². The van der Waals surface area contributed by atoms with Crippen LogP contribution in [-0.2, 0) is 16.1 Å². The van der Waals surface area contributed by atoms with Crippen LogP contribution >= 0.6 is 0 Å². The molecule has 1 saturated heterocycles. The van der Waals surface area contributed by atoms with Gasteiger partial charge in [0.1, 0.15) is 0 Å². The van der Waals surface area contributed by atoms with Gasteiger partial charge in [0.2, 0.25) is 0 Å². The van der Waals surface area contributed by atoms with Crippen molar-refractivity contribution in [1.29, 1.82) is 0 Å². The van der Waals surface area contributed by atoms with E-state index in [2.05, 4.69) is 24.3 Å². The molecule has 25 heavy (non-hydrogen) atoms. The summed E-state index contributed by atoms with van der Waals surface area (Å²) in [5.41, 5.74) is 1.85. The highest BCUT2D eigenvalue weighted by Gasteiger charge is 2.24. The summed E-state index contributed by atoms with van der Waals surface area (Å²) in [7, 11) is 4.14. The molecule has 1 fully saturated rings. The van der Waals surface area contributed by atoms with Crippen molar-refractivity contribution in [2.24, 2.45) is 0 Å². The van der Waals surface area contributed by atoms with Gasteiger partial charge in [-0.15, -0.1) is 0 Å². The van der Waals surface area contributed by atoms with Crippen LogP contribution in [-0.4, -0.2) is 68.9 Å². The molecule has 1 N–H and O–H groups in total. The molecule has 1 heterocycles. The zero-order valence-corrected chi connectivity index (χ0v) is 15.7. The van der Waals surface area contributed by atoms with Gasteiger partial charge < -0.3 is 24.6 Å². The number of hydrogen-bond donors (Lipinski definition) is 1. The molecule has 1 atom stereocenters. The van der Waals surface area contributed by atoms with E-state index in [9.17, 15) is 4.79 Å². The van der Waals surface area contributed by atoms with Gasteiger partial charge in [-0.1, -0.05) is 12.1 Å². The number of likely N-dealkylation sites (N-methyl/N-ethyl adjacent to an activating group) is 1. The molecule has 6 heteroatoms. The smallest absolute Gasteiger partial charge is 0.321 e. The highest BCUT2D eigenvalue weighted by atomic mass is 16.5. The molecule has 1 aromatic carbocycles. The van der Waals surface area contributed by atoms with Crippen molar-refractivity contribution in [1.82, 2.24) is 9.80 Å². The van der Waals surface area contributed by atoms with Crippen LogP contribution in [0.15, 0.2) is 24.3 Å². The Morgan fingerprint density at radius 2 is 2.12 bits per heavy atom. The Kier molecular flexibility index (Phi) is 8.18. The first kappa shape index (κ1) is 19.7. The van der Waals surface area contributed by atoms with Crippen molar-refractivity contribution in [3.8, 4) is 0 Å². The summed E-state index contributed by atoms with van der Waals surface area (Å²) >= 11 is 0. The van der Waals surface area contributed by atoms with E-state index in [1.54, 1.807) is 0 Å². The van der Waals surface area contributed by atoms with Crippen LogP contribution in [0.2, 0.25) is 0 Å². The van der Waals surface area contributed by atoms with Crippen LogP contribution in [0.5, 0.6) is 0 Å². The Morgan fingerprint density at radius 3 is 2.88 bits per heavy atom. The average Bonchev–Trinajstić information content (AvgIpc) is 2.62. The monoisotopic (exact) mass is 349 g/mol. The number of nitrogens with zero attached hydrogens (tertiary/aromatic N) is 2. The summed E-state index contributed by atoms with van der Waals surface area (Å²) < 4.78 is 10.8. The van der Waals surface area contributed by atoms with Crippen molar-refractivity contribution in [2.75, 3.05) is 52.3 Å². The number of urea groups is 1. The number of amides is 2. The Balaban J connectivity index is 1.83. The fourth-order valence-corrected chi connectivity index (χ4v) is 2.95. The van der Waals surface area contributed by atoms with Crippen molar-refractivity contribution in [3.05, 3.63) is 29.8 Å². The number of carbonyl (C=O) groups excluding carboxylic acids is 1. The topological polar surface area (TPSA) is 54.0 Å². The van der Waals surface area contributed by atoms with Gasteiger partial charge in [0, 0.05) is 31.4 Å². The van der Waals surface area contributed by atoms with E-state index >= 15 is 0 Å². The molecule has 1 aliphatic rings. The third-order valence-electron chi connectivity index (χ3n) is 4.44. The molecule has 0 aliphatic carbocycles. The van der Waals surface area contributed by atoms with E-state index < -0.39 is 0 Å². The first-order chi connectivity index (χ1) is 12.1. The van der Waals surface area contributed by atoms with Crippen molar-refractivity contribution in [2.45, 2.75) is 32.4 Å². The number of benzene rings is 1. The van der Waals surface area contributed by atoms with Crippen molar-refractivity contribution in [3.63, 3.8) is 0 Å². The number of anilines is 1. The fourth-order valence-electron chi connectivity index (χ4n) is 2.95. The molecule has 0 saturated carbocycles. The number of hydrogen-bond acceptors (Lipinski definition) is 4. The standard InChI is InChI=1S/C19H31N3O3/c1-4-24-11-12-25-15-16-7-5-8-17(13-16)20-19(23)22-10-6-9-18(14-22)21(2)3/h5,7-8,13,18H,4,6,9-12,14-15H2,1-3H3,(H,20,23)/t18-/m0/s1. The van der Waals surface area contributed by atoms with Crippen LogP contribution in [0, 0.1) is 0 Å². The minimum Gasteiger partial charge on any atom is -0.379 e. The molecule has 0 aromatic heterocycles. The van der Waals surface area contributed by atoms with E-state index in [-0.39, 0.29) is 6.03 Å². The summed E-state index contributed by atoms with van der Waals surface area (Å²) in [5.74, 6) is 0. The van der Waals surface area contributed by atoms with Gasteiger partial charge in [-0.2, -0.15) is 0 Å². The van der Waals surface area contributed by atoms with Gasteiger partial charge in [-0.3, -0.25) is 0 Å². The van der Waals surface area contributed by atoms with Gasteiger partial charge >= 0.3 is 6.03 Å². The van der Waals surface area contributed by atoms with Gasteiger partial charge in [-0.05, 0) is 51.6 Å². The van der Waals surface area contributed by atoms with Crippen LogP contribution in [0.3, 0.4) is 0 Å². The molecule has 1 aliphatic heterocycles. The maximum atomic E-state index is 12.5. The summed E-state index contributed by atoms with van der Waals surface area (Å²) in [6.07, 6.45) is 2.19. The molecule has 0 radical (unpaired) electrons. The van der Waals surface area contributed by atoms with E-state index in [1.807, 2.05) is 36.1 Å². The number of carbonyl (C=O) groups is 1. The number of rotatable bonds is 8. The maximum absolute atomic E-state index is 12.5. The maximum Gasteiger partial charge on any atom is 0.321 e. The minimum atomic E-state index is -0.0269. The molecule has 0 spiro atoms. The molecular weight excluding hydrogens is 318 g/mol. The van der Waals surface area contributed by atoms with Crippen molar-refractivity contribution >= 4 is 11.7 Å². The molecule has 6 nitrogen and oxygen atoms in total. The van der Waals surface area contributed by atoms with Gasteiger partial charge in [0.25, 0.3) is 0 Å². The lowest BCUT2D eigenvalue weighted by atomic mass is 10.1. The summed E-state index contributed by atoms with van der Waals surface area (Å²) in [4.78, 5) is 16.6. The van der Waals surface area contributed by atoms with E-state index in [1.165, 1.54) is 0 Å². The lowest BCUT2D eigenvalue weighted by Gasteiger charge is -2.36. The third kappa shape index (κ3) is 6.65. The van der Waals surface area contributed by atoms with Crippen LogP contribution < -0.4 is 5.32 Å². The minimum absolute atomic E-state index is 0.0269. The number of piperidine rings is 1. The second-order valence-corrected chi connectivity index (χ2v) is 6.59. The normalized spacial score (nSPS) is 17.8. The Labute approximate surface area is 151 Å². The second kappa shape index (κ2) is 10.4. The summed E-state index contributed by atoms with van der Waals surface area (Å²) in [5, 5.41) is 3.01. The van der Waals surface area contributed by atoms with Crippen molar-refractivity contribution < 1.29 is 14.3 Å². The Morgan fingerprint density at radius 1 is 1.32 bits per heavy atom. The summed E-state index contributed by atoms with van der Waals surface area (Å²) in [6.45, 7) is 5.96. The average molecular weight is 349 g/mol. The highest BCUT2D eigenvalue weighted by Crippen LogP contribution is 2.17. The van der Waals surface area contributed by atoms with Crippen LogP contribution in [0.1, 0.15) is 25.3 Å². The largest absolute Gasteiger partial charge is 0.379 e. The predicted octanol–water partition coefficient (Wildman–Crippen LogP) is 2.80. The Hall–Kier alpha value is -1.63. The molecule has 1 aromatic rings. The lowest BCUT2D eigenvalue weighted by Crippen LogP contribution is -2.48. The molecule has 0 unspecified atom stereocenters. The Bertz CT molecular complexity index is 536. The summed E-state index contributed by atoms with van der Waals surface area (Å²) in [6, 6.07) is 8.22. The molecule has 0 bridgehead atoms. The lowest BCUT2D eigenvalue weighted by molar-refractivity contribution is 0.0453. The third-order valence-corrected chi connectivity index (χ3v) is 4.44. The van der Waals surface area contributed by atoms with Gasteiger partial charge in [0.05, 0.1) is 19.8 Å². The van der Waals surface area contributed by atoms with E-state index in [0.717, 1.165) is 37.2 Å². The first-order valence-electron chi connectivity index (χ1n) is 9.07. The zero-order chi connectivity index (χ0) is 18.1. The van der Waals surface area contributed by atoms with E-state index in [0.29, 0.717) is 32.5 Å². The van der Waals surface area contributed by atoms with Gasteiger partial charge in [0.15, 0.2) is 0 Å². The number of nitrogens with one attached hydrogen (secondary N) is 1. The number of likely N-dealkylation sites (tertiary alicyclic amines) is 1. The highest BCUT2D eigenvalue weighted by molar-refractivity contribution is 5.89. The number of ether oxygens (including phenoxy) is 2. The van der Waals surface area contributed by atoms with Crippen LogP contribution in [0.25, 0.3) is 0 Å². The quantitative estimate of drug-likeness (QED) is 0.733. The first-order valence-corrected chi connectivity index (χ1v) is 9.07. The zero-order valence-electron chi connectivity index (χ0n) is 15.7. The van der Waals surface area contributed by atoms with E-state index in [4.69, 9.17) is 9.47 Å².